The smallest absolute Gasteiger partial charge is 0.161 e. The lowest BCUT2D eigenvalue weighted by atomic mass is 9.73. The molecule has 0 bridgehead atoms. The van der Waals surface area contributed by atoms with Crippen LogP contribution in [0.3, 0.4) is 0 Å². The SMILES string of the molecule is C[C@H](c1nc2cc(F)c(F)cc2[nH]1)[C@H]1CC[C@@H](c2ccnc3ccc(F)cc32)CC1. The van der Waals surface area contributed by atoms with Crippen molar-refractivity contribution >= 4 is 21.9 Å². The number of hydrogen-bond acceptors (Lipinski definition) is 2. The molecule has 0 amide bonds. The van der Waals surface area contributed by atoms with Crippen molar-refractivity contribution in [1.82, 2.24) is 15.0 Å². The molecule has 3 nitrogen and oxygen atoms in total. The Morgan fingerprint density at radius 3 is 2.50 bits per heavy atom. The van der Waals surface area contributed by atoms with Gasteiger partial charge in [0, 0.05) is 29.6 Å². The molecule has 0 radical (unpaired) electrons. The van der Waals surface area contributed by atoms with Gasteiger partial charge in [-0.2, -0.15) is 0 Å². The third-order valence-electron chi connectivity index (χ3n) is 6.63. The molecule has 6 heteroatoms. The zero-order chi connectivity index (χ0) is 20.8. The average molecular weight is 409 g/mol. The molecule has 0 spiro atoms. The molecule has 5 rings (SSSR count). The molecule has 0 saturated heterocycles. The number of H-pyrrole nitrogens is 1. The predicted molar refractivity (Wildman–Crippen MR) is 111 cm³/mol. The van der Waals surface area contributed by atoms with Gasteiger partial charge >= 0.3 is 0 Å². The molecule has 1 atom stereocenters. The number of halogens is 3. The number of benzene rings is 2. The normalized spacial score (nSPS) is 20.7. The topological polar surface area (TPSA) is 41.6 Å². The Morgan fingerprint density at radius 2 is 1.70 bits per heavy atom. The first kappa shape index (κ1) is 19.1. The molecule has 1 fully saturated rings. The van der Waals surface area contributed by atoms with Gasteiger partial charge in [0.15, 0.2) is 11.6 Å². The quantitative estimate of drug-likeness (QED) is 0.414. The highest BCUT2D eigenvalue weighted by Gasteiger charge is 2.29. The minimum Gasteiger partial charge on any atom is -0.342 e. The summed E-state index contributed by atoms with van der Waals surface area (Å²) in [6.45, 7) is 2.12. The van der Waals surface area contributed by atoms with E-state index in [1.54, 1.807) is 18.3 Å². The number of pyridine rings is 1. The molecule has 1 aliphatic carbocycles. The van der Waals surface area contributed by atoms with Crippen LogP contribution in [0.1, 0.15) is 55.8 Å². The van der Waals surface area contributed by atoms with Crippen molar-refractivity contribution < 1.29 is 13.2 Å². The zero-order valence-electron chi connectivity index (χ0n) is 16.6. The first-order chi connectivity index (χ1) is 14.5. The fourth-order valence-electron chi connectivity index (χ4n) is 4.89. The van der Waals surface area contributed by atoms with E-state index < -0.39 is 11.6 Å². The van der Waals surface area contributed by atoms with E-state index in [0.29, 0.717) is 22.9 Å². The maximum Gasteiger partial charge on any atom is 0.161 e. The van der Waals surface area contributed by atoms with Gasteiger partial charge in [0.25, 0.3) is 0 Å². The van der Waals surface area contributed by atoms with Crippen LogP contribution in [0, 0.1) is 23.4 Å². The maximum atomic E-state index is 13.8. The molecule has 0 unspecified atom stereocenters. The van der Waals surface area contributed by atoms with Gasteiger partial charge in [-0.05, 0) is 67.3 Å². The number of fused-ring (bicyclic) bond motifs is 2. The number of hydrogen-bond donors (Lipinski definition) is 1. The Labute approximate surface area is 172 Å². The van der Waals surface area contributed by atoms with Crippen LogP contribution in [0.5, 0.6) is 0 Å². The van der Waals surface area contributed by atoms with Gasteiger partial charge in [0.2, 0.25) is 0 Å². The number of rotatable bonds is 3. The fourth-order valence-corrected chi connectivity index (χ4v) is 4.89. The van der Waals surface area contributed by atoms with E-state index in [-0.39, 0.29) is 11.7 Å². The third-order valence-corrected chi connectivity index (χ3v) is 6.63. The summed E-state index contributed by atoms with van der Waals surface area (Å²) in [5.41, 5.74) is 2.97. The van der Waals surface area contributed by atoms with E-state index in [1.807, 2.05) is 6.07 Å². The second-order valence-corrected chi connectivity index (χ2v) is 8.37. The van der Waals surface area contributed by atoms with Crippen LogP contribution in [0.15, 0.2) is 42.6 Å². The molecule has 30 heavy (non-hydrogen) atoms. The van der Waals surface area contributed by atoms with Crippen molar-refractivity contribution in [2.45, 2.75) is 44.4 Å². The van der Waals surface area contributed by atoms with Crippen LogP contribution in [-0.2, 0) is 0 Å². The highest BCUT2D eigenvalue weighted by Crippen LogP contribution is 2.43. The van der Waals surface area contributed by atoms with Gasteiger partial charge in [0.1, 0.15) is 11.6 Å². The Balaban J connectivity index is 1.34. The van der Waals surface area contributed by atoms with E-state index >= 15 is 0 Å². The van der Waals surface area contributed by atoms with E-state index in [9.17, 15) is 13.2 Å². The van der Waals surface area contributed by atoms with Crippen LogP contribution in [0.25, 0.3) is 21.9 Å². The molecule has 1 aliphatic rings. The third kappa shape index (κ3) is 3.34. The van der Waals surface area contributed by atoms with Gasteiger partial charge in [-0.3, -0.25) is 4.98 Å². The van der Waals surface area contributed by atoms with Gasteiger partial charge in [-0.15, -0.1) is 0 Å². The van der Waals surface area contributed by atoms with Crippen molar-refractivity contribution in [1.29, 1.82) is 0 Å². The molecule has 2 heterocycles. The Morgan fingerprint density at radius 1 is 0.933 bits per heavy atom. The van der Waals surface area contributed by atoms with Crippen molar-refractivity contribution in [3.63, 3.8) is 0 Å². The second kappa shape index (κ2) is 7.42. The minimum absolute atomic E-state index is 0.163. The lowest BCUT2D eigenvalue weighted by Gasteiger charge is -2.32. The molecule has 1 saturated carbocycles. The molecule has 2 aromatic carbocycles. The zero-order valence-corrected chi connectivity index (χ0v) is 16.6. The molecule has 154 valence electrons. The second-order valence-electron chi connectivity index (χ2n) is 8.37. The summed E-state index contributed by atoms with van der Waals surface area (Å²) < 4.78 is 40.8. The lowest BCUT2D eigenvalue weighted by Crippen LogP contribution is -2.19. The standard InChI is InChI=1S/C24H22F3N3/c1-13(24-29-22-11-19(26)20(27)12-23(22)30-24)14-2-4-15(5-3-14)17-8-9-28-21-7-6-16(25)10-18(17)21/h6-15H,2-5H2,1H3,(H,29,30)/t13-,14-,15+/m0/s1. The molecule has 4 aromatic rings. The first-order valence-electron chi connectivity index (χ1n) is 10.4. The van der Waals surface area contributed by atoms with Crippen LogP contribution < -0.4 is 0 Å². The summed E-state index contributed by atoms with van der Waals surface area (Å²) in [5, 5.41) is 0.898. The Bertz CT molecular complexity index is 1190. The summed E-state index contributed by atoms with van der Waals surface area (Å²) in [6.07, 6.45) is 5.86. The summed E-state index contributed by atoms with van der Waals surface area (Å²) in [5.74, 6) is -0.245. The largest absolute Gasteiger partial charge is 0.342 e. The summed E-state index contributed by atoms with van der Waals surface area (Å²) in [6, 6.07) is 9.08. The summed E-state index contributed by atoms with van der Waals surface area (Å²) in [7, 11) is 0. The fraction of sp³-hybridized carbons (Fsp3) is 0.333. The Kier molecular flexibility index (Phi) is 4.72. The first-order valence-corrected chi connectivity index (χ1v) is 10.4. The highest BCUT2D eigenvalue weighted by molar-refractivity contribution is 5.82. The minimum atomic E-state index is -0.880. The van der Waals surface area contributed by atoms with Crippen LogP contribution in [0.2, 0.25) is 0 Å². The van der Waals surface area contributed by atoms with Gasteiger partial charge < -0.3 is 4.98 Å². The predicted octanol–water partition coefficient (Wildman–Crippen LogP) is 6.61. The highest BCUT2D eigenvalue weighted by atomic mass is 19.2. The molecule has 1 N–H and O–H groups in total. The van der Waals surface area contributed by atoms with E-state index in [0.717, 1.165) is 48.5 Å². The van der Waals surface area contributed by atoms with Crippen LogP contribution in [0.4, 0.5) is 13.2 Å². The molecular weight excluding hydrogens is 387 g/mol. The average Bonchev–Trinajstić information content (AvgIpc) is 3.16. The van der Waals surface area contributed by atoms with Gasteiger partial charge in [-0.25, -0.2) is 18.2 Å². The lowest BCUT2D eigenvalue weighted by molar-refractivity contribution is 0.286. The maximum absolute atomic E-state index is 13.8. The van der Waals surface area contributed by atoms with Gasteiger partial charge in [0.05, 0.1) is 16.6 Å². The van der Waals surface area contributed by atoms with E-state index in [1.165, 1.54) is 17.7 Å². The molecule has 2 aromatic heterocycles. The number of nitrogens with zero attached hydrogens (tertiary/aromatic N) is 2. The summed E-state index contributed by atoms with van der Waals surface area (Å²) >= 11 is 0. The number of nitrogens with one attached hydrogen (secondary N) is 1. The van der Waals surface area contributed by atoms with Crippen molar-refractivity contribution in [2.75, 3.05) is 0 Å². The van der Waals surface area contributed by atoms with Crippen LogP contribution in [-0.4, -0.2) is 15.0 Å². The number of imidazole rings is 1. The van der Waals surface area contributed by atoms with Crippen molar-refractivity contribution in [3.05, 3.63) is 71.4 Å². The number of aromatic amines is 1. The van der Waals surface area contributed by atoms with Gasteiger partial charge in [-0.1, -0.05) is 6.92 Å². The van der Waals surface area contributed by atoms with Crippen molar-refractivity contribution in [3.8, 4) is 0 Å². The monoisotopic (exact) mass is 409 g/mol. The molecular formula is C24H22F3N3. The van der Waals surface area contributed by atoms with E-state index in [2.05, 4.69) is 21.9 Å². The van der Waals surface area contributed by atoms with E-state index in [4.69, 9.17) is 0 Å². The van der Waals surface area contributed by atoms with Crippen molar-refractivity contribution in [2.24, 2.45) is 5.92 Å². The Hall–Kier alpha value is -2.89. The summed E-state index contributed by atoms with van der Waals surface area (Å²) in [4.78, 5) is 12.0. The molecule has 0 aliphatic heterocycles. The number of aromatic nitrogens is 3. The van der Waals surface area contributed by atoms with Crippen LogP contribution >= 0.6 is 0 Å².